The van der Waals surface area contributed by atoms with Gasteiger partial charge in [-0.05, 0) is 24.6 Å². The molecule has 0 saturated carbocycles. The third-order valence-electron chi connectivity index (χ3n) is 0.762. The molecule has 0 aromatic rings. The van der Waals surface area contributed by atoms with Crippen molar-refractivity contribution in [1.29, 1.82) is 0 Å². The maximum Gasteiger partial charge on any atom is 0.178 e. The van der Waals surface area contributed by atoms with Crippen molar-refractivity contribution in [1.82, 2.24) is 0 Å². The second-order valence-electron chi connectivity index (χ2n) is 1.36. The first-order valence-electron chi connectivity index (χ1n) is 2.17. The molecule has 0 heterocycles. The maximum atomic E-state index is 10.3. The first kappa shape index (κ1) is 4.31. The van der Waals surface area contributed by atoms with Crippen LogP contribution < -0.4 is 0 Å². The molecule has 0 aromatic carbocycles. The molecule has 1 rings (SSSR count). The summed E-state index contributed by atoms with van der Waals surface area (Å²) in [5, 5.41) is 0. The van der Waals surface area contributed by atoms with Crippen LogP contribution in [0.3, 0.4) is 0 Å². The summed E-state index contributed by atoms with van der Waals surface area (Å²) in [6.45, 7) is 0. The van der Waals surface area contributed by atoms with Crippen LogP contribution in [0.15, 0.2) is 18.2 Å². The van der Waals surface area contributed by atoms with E-state index in [1.54, 1.807) is 12.2 Å². The first-order chi connectivity index (χ1) is 3.39. The van der Waals surface area contributed by atoms with Gasteiger partial charge in [-0.3, -0.25) is 4.79 Å². The molecule has 1 aliphatic rings. The second kappa shape index (κ2) is 1.73. The molecule has 0 fully saturated rings. The van der Waals surface area contributed by atoms with Crippen LogP contribution in [-0.2, 0) is 4.79 Å². The molecule has 1 heteroatoms. The van der Waals surface area contributed by atoms with Gasteiger partial charge < -0.3 is 0 Å². The number of rotatable bonds is 0. The van der Waals surface area contributed by atoms with Crippen LogP contribution in [0.25, 0.3) is 0 Å². The summed E-state index contributed by atoms with van der Waals surface area (Å²) in [4.78, 5) is 10.3. The minimum absolute atomic E-state index is 0.0475. The monoisotopic (exact) mass is 93.0 g/mol. The van der Waals surface area contributed by atoms with E-state index in [1.165, 1.54) is 6.08 Å². The average Bonchev–Trinajstić information content (AvgIpc) is 1.69. The normalized spacial score (nSPS) is 18.0. The molecule has 1 aliphatic carbocycles. The van der Waals surface area contributed by atoms with Crippen molar-refractivity contribution in [3.05, 3.63) is 24.3 Å². The Labute approximate surface area is 42.3 Å². The SMILES string of the molecule is O=C1C=[C]CC=C1. The second-order valence-corrected chi connectivity index (χ2v) is 1.36. The molecular weight excluding hydrogens is 88.1 g/mol. The van der Waals surface area contributed by atoms with Gasteiger partial charge in [-0.15, -0.1) is 0 Å². The Hall–Kier alpha value is -0.850. The summed E-state index contributed by atoms with van der Waals surface area (Å²) in [5.74, 6) is 0.0475. The summed E-state index contributed by atoms with van der Waals surface area (Å²) < 4.78 is 0. The molecule has 1 nitrogen and oxygen atoms in total. The lowest BCUT2D eigenvalue weighted by Crippen LogP contribution is -1.87. The molecule has 0 aliphatic heterocycles. The third-order valence-corrected chi connectivity index (χ3v) is 0.762. The van der Waals surface area contributed by atoms with Crippen LogP contribution >= 0.6 is 0 Å². The van der Waals surface area contributed by atoms with Crippen molar-refractivity contribution in [3.63, 3.8) is 0 Å². The highest BCUT2D eigenvalue weighted by atomic mass is 16.1. The van der Waals surface area contributed by atoms with Crippen molar-refractivity contribution < 1.29 is 4.79 Å². The van der Waals surface area contributed by atoms with Gasteiger partial charge in [0.2, 0.25) is 0 Å². The van der Waals surface area contributed by atoms with Crippen LogP contribution in [0.5, 0.6) is 0 Å². The molecule has 7 heavy (non-hydrogen) atoms. The van der Waals surface area contributed by atoms with Gasteiger partial charge in [-0.1, -0.05) is 6.08 Å². The van der Waals surface area contributed by atoms with Crippen LogP contribution in [-0.4, -0.2) is 5.78 Å². The van der Waals surface area contributed by atoms with E-state index in [9.17, 15) is 4.79 Å². The van der Waals surface area contributed by atoms with E-state index >= 15 is 0 Å². The van der Waals surface area contributed by atoms with Crippen molar-refractivity contribution in [2.45, 2.75) is 6.42 Å². The number of hydrogen-bond acceptors (Lipinski definition) is 1. The summed E-state index contributed by atoms with van der Waals surface area (Å²) >= 11 is 0. The Morgan fingerprint density at radius 1 is 1.71 bits per heavy atom. The highest BCUT2D eigenvalue weighted by Crippen LogP contribution is 1.92. The van der Waals surface area contributed by atoms with E-state index in [0.717, 1.165) is 6.42 Å². The number of hydrogen-bond donors (Lipinski definition) is 0. The molecule has 0 spiro atoms. The molecule has 1 radical (unpaired) electrons. The van der Waals surface area contributed by atoms with Crippen LogP contribution in [0.2, 0.25) is 0 Å². The lowest BCUT2D eigenvalue weighted by molar-refractivity contribution is -0.110. The summed E-state index contributed by atoms with van der Waals surface area (Å²) in [6, 6.07) is 0. The first-order valence-corrected chi connectivity index (χ1v) is 2.17. The van der Waals surface area contributed by atoms with E-state index in [0.29, 0.717) is 0 Å². The largest absolute Gasteiger partial charge is 0.290 e. The van der Waals surface area contributed by atoms with Gasteiger partial charge in [0.1, 0.15) is 0 Å². The molecule has 0 saturated heterocycles. The number of carbonyl (C=O) groups is 1. The van der Waals surface area contributed by atoms with Gasteiger partial charge in [-0.2, -0.15) is 0 Å². The molecule has 35 valence electrons. The number of allylic oxidation sites excluding steroid dienone is 4. The Morgan fingerprint density at radius 2 is 2.57 bits per heavy atom. The molecule has 0 N–H and O–H groups in total. The van der Waals surface area contributed by atoms with Crippen molar-refractivity contribution in [2.24, 2.45) is 0 Å². The zero-order chi connectivity index (χ0) is 5.11. The van der Waals surface area contributed by atoms with E-state index in [2.05, 4.69) is 6.08 Å². The van der Waals surface area contributed by atoms with Crippen molar-refractivity contribution >= 4 is 5.78 Å². The van der Waals surface area contributed by atoms with Gasteiger partial charge in [0.05, 0.1) is 0 Å². The Kier molecular flexibility index (Phi) is 1.07. The molecule has 0 atom stereocenters. The van der Waals surface area contributed by atoms with Crippen molar-refractivity contribution in [2.75, 3.05) is 0 Å². The van der Waals surface area contributed by atoms with E-state index < -0.39 is 0 Å². The minimum atomic E-state index is 0.0475. The molecule has 0 aromatic heterocycles. The fourth-order valence-electron chi connectivity index (χ4n) is 0.451. The van der Waals surface area contributed by atoms with E-state index in [4.69, 9.17) is 0 Å². The Bertz CT molecular complexity index is 117. The predicted molar refractivity (Wildman–Crippen MR) is 26.6 cm³/mol. The number of ketones is 1. The fraction of sp³-hybridized carbons (Fsp3) is 0.167. The lowest BCUT2D eigenvalue weighted by Gasteiger charge is -1.86. The van der Waals surface area contributed by atoms with E-state index in [1.807, 2.05) is 0 Å². The maximum absolute atomic E-state index is 10.3. The summed E-state index contributed by atoms with van der Waals surface area (Å²) in [7, 11) is 0. The highest BCUT2D eigenvalue weighted by Gasteiger charge is 1.89. The molecule has 0 unspecified atom stereocenters. The Balaban J connectivity index is 2.66. The molecule has 0 bridgehead atoms. The topological polar surface area (TPSA) is 17.1 Å². The average molecular weight is 93.1 g/mol. The van der Waals surface area contributed by atoms with Gasteiger partial charge in [0.25, 0.3) is 0 Å². The van der Waals surface area contributed by atoms with Gasteiger partial charge in [0.15, 0.2) is 5.78 Å². The molecule has 0 amide bonds. The van der Waals surface area contributed by atoms with Crippen LogP contribution in [0.4, 0.5) is 0 Å². The van der Waals surface area contributed by atoms with Gasteiger partial charge in [0, 0.05) is 0 Å². The van der Waals surface area contributed by atoms with Crippen LogP contribution in [0.1, 0.15) is 6.42 Å². The smallest absolute Gasteiger partial charge is 0.178 e. The highest BCUT2D eigenvalue weighted by molar-refractivity contribution is 5.99. The Morgan fingerprint density at radius 3 is 2.86 bits per heavy atom. The molecular formula is C6H5O. The minimum Gasteiger partial charge on any atom is -0.290 e. The van der Waals surface area contributed by atoms with E-state index in [-0.39, 0.29) is 5.78 Å². The van der Waals surface area contributed by atoms with Crippen molar-refractivity contribution in [3.8, 4) is 0 Å². The summed E-state index contributed by atoms with van der Waals surface area (Å²) in [5.41, 5.74) is 0. The van der Waals surface area contributed by atoms with Gasteiger partial charge in [-0.25, -0.2) is 0 Å². The third kappa shape index (κ3) is 1.000. The van der Waals surface area contributed by atoms with Crippen LogP contribution in [0, 0.1) is 6.08 Å². The lowest BCUT2D eigenvalue weighted by atomic mass is 10.2. The number of carbonyl (C=O) groups excluding carboxylic acids is 1. The zero-order valence-electron chi connectivity index (χ0n) is 3.85. The standard InChI is InChI=1S/C6H5O/c7-6-4-2-1-3-5-6/h2,4-5H,1H2. The summed E-state index contributed by atoms with van der Waals surface area (Å²) in [6.07, 6.45) is 8.36. The van der Waals surface area contributed by atoms with Gasteiger partial charge >= 0.3 is 0 Å². The predicted octanol–water partition coefficient (Wildman–Crippen LogP) is 0.875. The fourth-order valence-corrected chi connectivity index (χ4v) is 0.451. The zero-order valence-corrected chi connectivity index (χ0v) is 3.85. The quantitative estimate of drug-likeness (QED) is 0.434.